The summed E-state index contributed by atoms with van der Waals surface area (Å²) in [5.74, 6) is 0.893. The van der Waals surface area contributed by atoms with E-state index in [2.05, 4.69) is 94.0 Å². The van der Waals surface area contributed by atoms with Crippen molar-refractivity contribution in [1.82, 2.24) is 9.89 Å². The summed E-state index contributed by atoms with van der Waals surface area (Å²) in [6, 6.07) is 29.5. The molecule has 3 N–H and O–H groups in total. The van der Waals surface area contributed by atoms with Crippen LogP contribution in [0.1, 0.15) is 44.9 Å². The third-order valence-corrected chi connectivity index (χ3v) is 5.20. The zero-order chi connectivity index (χ0) is 23.5. The fourth-order valence-corrected chi connectivity index (χ4v) is 3.66. The van der Waals surface area contributed by atoms with Crippen LogP contribution in [-0.2, 0) is 6.54 Å². The van der Waals surface area contributed by atoms with Crippen LogP contribution in [0, 0.1) is 0 Å². The van der Waals surface area contributed by atoms with Gasteiger partial charge in [-0.15, -0.1) is 5.10 Å². The molecule has 1 aliphatic rings. The largest absolute Gasteiger partial charge is 0.381 e. The Morgan fingerprint density at radius 3 is 2.30 bits per heavy atom. The van der Waals surface area contributed by atoms with Crippen LogP contribution in [0.4, 0.5) is 11.5 Å². The number of hydrogen-bond acceptors (Lipinski definition) is 4. The van der Waals surface area contributed by atoms with Gasteiger partial charge in [0.2, 0.25) is 0 Å². The average Bonchev–Trinajstić information content (AvgIpc) is 3.18. The monoisotopic (exact) mass is 441 g/mol. The second kappa shape index (κ2) is 12.3. The molecule has 4 aromatic rings. The van der Waals surface area contributed by atoms with Crippen LogP contribution >= 0.6 is 0 Å². The zero-order valence-corrected chi connectivity index (χ0v) is 20.0. The third kappa shape index (κ3) is 6.16. The van der Waals surface area contributed by atoms with E-state index in [4.69, 9.17) is 0 Å². The summed E-state index contributed by atoms with van der Waals surface area (Å²) < 4.78 is 0. The van der Waals surface area contributed by atoms with Gasteiger partial charge in [-0.1, -0.05) is 100 Å². The van der Waals surface area contributed by atoms with Crippen LogP contribution in [0.15, 0.2) is 91.1 Å². The lowest BCUT2D eigenvalue weighted by atomic mass is 10.0. The molecule has 1 aromatic heterocycles. The Hall–Kier alpha value is -3.73. The van der Waals surface area contributed by atoms with Gasteiger partial charge in [-0.2, -0.15) is 4.79 Å². The molecule has 0 fully saturated rings. The number of hydrogen-bond donors (Lipinski definition) is 3. The topological polar surface area (TPSA) is 53.9 Å². The number of aromatic nitrogens is 2. The molecule has 1 unspecified atom stereocenters. The van der Waals surface area contributed by atoms with Crippen LogP contribution in [0.2, 0.25) is 0 Å². The molecule has 1 atom stereocenters. The molecule has 2 heterocycles. The molecule has 0 amide bonds. The van der Waals surface area contributed by atoms with Gasteiger partial charge in [-0.05, 0) is 28.8 Å². The van der Waals surface area contributed by atoms with Crippen molar-refractivity contribution < 1.29 is 0 Å². The van der Waals surface area contributed by atoms with E-state index in [0.29, 0.717) is 0 Å². The number of rotatable bonds is 5. The maximum absolute atomic E-state index is 4.66. The summed E-state index contributed by atoms with van der Waals surface area (Å²) in [6.45, 7) is 9.58. The highest BCUT2D eigenvalue weighted by Gasteiger charge is 2.21. The van der Waals surface area contributed by atoms with Gasteiger partial charge in [0.25, 0.3) is 0 Å². The second-order valence-electron chi connectivity index (χ2n) is 7.23. The molecule has 5 nitrogen and oxygen atoms in total. The molecule has 5 rings (SSSR count). The summed E-state index contributed by atoms with van der Waals surface area (Å²) >= 11 is 0. The molecule has 0 aliphatic carbocycles. The minimum atomic E-state index is 0.169. The molecule has 5 heteroatoms. The van der Waals surface area contributed by atoms with E-state index in [9.17, 15) is 0 Å². The lowest BCUT2D eigenvalue weighted by molar-refractivity contribution is 0.713. The van der Waals surface area contributed by atoms with Gasteiger partial charge in [0.15, 0.2) is 5.82 Å². The lowest BCUT2D eigenvalue weighted by Crippen LogP contribution is -2.23. The maximum Gasteiger partial charge on any atom is 0.158 e. The van der Waals surface area contributed by atoms with E-state index < -0.39 is 0 Å². The molecule has 0 saturated carbocycles. The lowest BCUT2D eigenvalue weighted by Gasteiger charge is -2.19. The van der Waals surface area contributed by atoms with E-state index in [1.165, 1.54) is 11.1 Å². The molecule has 0 spiro atoms. The number of nitrogens with zero attached hydrogens (tertiary/aromatic N) is 2. The smallest absolute Gasteiger partial charge is 0.158 e. The molecule has 1 aliphatic heterocycles. The normalized spacial score (nSPS) is 13.6. The SMILES string of the molecule is CC.CC.c1ccc(CNc2cccc(-c3cn4nc3NC(c3ccccc3)CN4)c2)cc1. The molecule has 2 bridgehead atoms. The van der Waals surface area contributed by atoms with E-state index in [1.807, 2.05) is 50.8 Å². The first-order chi connectivity index (χ1) is 16.3. The molecular formula is C28H35N5. The summed E-state index contributed by atoms with van der Waals surface area (Å²) in [6.07, 6.45) is 2.04. The van der Waals surface area contributed by atoms with E-state index >= 15 is 0 Å². The van der Waals surface area contributed by atoms with Crippen LogP contribution in [0.25, 0.3) is 11.1 Å². The Labute approximate surface area is 197 Å². The number of nitrogens with one attached hydrogen (secondary N) is 3. The van der Waals surface area contributed by atoms with Crippen LogP contribution in [0.5, 0.6) is 0 Å². The van der Waals surface area contributed by atoms with Crippen LogP contribution < -0.4 is 16.1 Å². The molecule has 33 heavy (non-hydrogen) atoms. The summed E-state index contributed by atoms with van der Waals surface area (Å²) in [5.41, 5.74) is 9.19. The van der Waals surface area contributed by atoms with Gasteiger partial charge in [0, 0.05) is 17.8 Å². The summed E-state index contributed by atoms with van der Waals surface area (Å²) in [4.78, 5) is 1.81. The van der Waals surface area contributed by atoms with Crippen LogP contribution in [-0.4, -0.2) is 16.4 Å². The highest BCUT2D eigenvalue weighted by molar-refractivity contribution is 5.77. The van der Waals surface area contributed by atoms with Crippen molar-refractivity contribution >= 4 is 11.5 Å². The fraction of sp³-hybridized carbons (Fsp3) is 0.250. The van der Waals surface area contributed by atoms with E-state index in [0.717, 1.165) is 35.7 Å². The minimum absolute atomic E-state index is 0.169. The van der Waals surface area contributed by atoms with Crippen molar-refractivity contribution in [2.75, 3.05) is 22.6 Å². The molecule has 0 saturated heterocycles. The first-order valence-corrected chi connectivity index (χ1v) is 11.9. The second-order valence-corrected chi connectivity index (χ2v) is 7.23. The maximum atomic E-state index is 4.66. The Morgan fingerprint density at radius 1 is 0.879 bits per heavy atom. The predicted octanol–water partition coefficient (Wildman–Crippen LogP) is 6.92. The standard InChI is InChI=1S/C24H23N5.2C2H6/c1-3-8-18(9-4-1)15-25-21-13-7-12-20(14-21)22-17-29-26-16-23(27-24(22)28-29)19-10-5-2-6-11-19;2*1-2/h1-14,17,23,25-26H,15-16H2,(H,27,28);2*1-2H3. The molecule has 0 radical (unpaired) electrons. The summed E-state index contributed by atoms with van der Waals surface area (Å²) in [5, 5.41) is 11.8. The number of anilines is 2. The van der Waals surface area contributed by atoms with Crippen molar-refractivity contribution in [3.63, 3.8) is 0 Å². The van der Waals surface area contributed by atoms with Crippen molar-refractivity contribution in [1.29, 1.82) is 0 Å². The first-order valence-electron chi connectivity index (χ1n) is 11.9. The highest BCUT2D eigenvalue weighted by atomic mass is 15.6. The predicted molar refractivity (Wildman–Crippen MR) is 141 cm³/mol. The van der Waals surface area contributed by atoms with Gasteiger partial charge in [-0.25, -0.2) is 0 Å². The van der Waals surface area contributed by atoms with Gasteiger partial charge >= 0.3 is 0 Å². The summed E-state index contributed by atoms with van der Waals surface area (Å²) in [7, 11) is 0. The molecular weight excluding hydrogens is 406 g/mol. The van der Waals surface area contributed by atoms with E-state index in [-0.39, 0.29) is 6.04 Å². The Morgan fingerprint density at radius 2 is 1.58 bits per heavy atom. The van der Waals surface area contributed by atoms with Crippen molar-refractivity contribution in [2.45, 2.75) is 40.3 Å². The number of benzene rings is 3. The zero-order valence-electron chi connectivity index (χ0n) is 20.0. The van der Waals surface area contributed by atoms with Gasteiger partial charge in [-0.3, -0.25) is 0 Å². The van der Waals surface area contributed by atoms with Gasteiger partial charge in [0.1, 0.15) is 0 Å². The molecule has 3 aromatic carbocycles. The van der Waals surface area contributed by atoms with Crippen molar-refractivity contribution in [3.8, 4) is 11.1 Å². The molecule has 172 valence electrons. The van der Waals surface area contributed by atoms with Crippen molar-refractivity contribution in [3.05, 3.63) is 102 Å². The minimum Gasteiger partial charge on any atom is -0.381 e. The third-order valence-electron chi connectivity index (χ3n) is 5.20. The van der Waals surface area contributed by atoms with Crippen molar-refractivity contribution in [2.24, 2.45) is 0 Å². The van der Waals surface area contributed by atoms with Crippen LogP contribution in [0.3, 0.4) is 0 Å². The number of fused-ring (bicyclic) bond motifs is 2. The quantitative estimate of drug-likeness (QED) is 0.314. The Kier molecular flexibility index (Phi) is 8.95. The van der Waals surface area contributed by atoms with E-state index in [1.54, 1.807) is 0 Å². The van der Waals surface area contributed by atoms with Gasteiger partial charge in [0.05, 0.1) is 18.8 Å². The average molecular weight is 442 g/mol. The Bertz CT molecular complexity index is 1090. The fourth-order valence-electron chi connectivity index (χ4n) is 3.66. The van der Waals surface area contributed by atoms with Gasteiger partial charge < -0.3 is 16.1 Å². The Balaban J connectivity index is 0.000000728. The highest BCUT2D eigenvalue weighted by Crippen LogP contribution is 2.32. The first kappa shape index (κ1) is 23.9.